The molecule has 0 unspecified atom stereocenters. The van der Waals surface area contributed by atoms with Crippen LogP contribution < -0.4 is 10.3 Å². The van der Waals surface area contributed by atoms with Gasteiger partial charge in [0.25, 0.3) is 11.4 Å². The number of carboxylic acids is 1. The molecule has 0 aliphatic carbocycles. The van der Waals surface area contributed by atoms with Crippen molar-refractivity contribution in [2.75, 3.05) is 0 Å². The standard InChI is InChI=1S/C26H28N4O4/c1-4-5-10-21-27-22-23(24(31)28-29-25(22)34-16(2)3)30(21)15-17-11-13-18(14-12-17)19-8-6-7-9-20(19)26(32)33/h6-9,11-14,16H,4-5,10,15H2,1-3H3,(H,28,31)(H,32,33). The number of fused-ring (bicyclic) bond motifs is 1. The van der Waals surface area contributed by atoms with E-state index in [0.717, 1.165) is 36.2 Å². The van der Waals surface area contributed by atoms with Gasteiger partial charge in [-0.1, -0.05) is 55.8 Å². The van der Waals surface area contributed by atoms with Crippen LogP contribution >= 0.6 is 0 Å². The number of aromatic amines is 1. The zero-order chi connectivity index (χ0) is 24.2. The molecule has 0 spiro atoms. The lowest BCUT2D eigenvalue weighted by Crippen LogP contribution is -2.17. The van der Waals surface area contributed by atoms with E-state index in [9.17, 15) is 14.7 Å². The molecule has 0 aliphatic rings. The smallest absolute Gasteiger partial charge is 0.336 e. The fraction of sp³-hybridized carbons (Fsp3) is 0.308. The highest BCUT2D eigenvalue weighted by Gasteiger charge is 2.20. The molecule has 0 saturated heterocycles. The third kappa shape index (κ3) is 4.71. The van der Waals surface area contributed by atoms with E-state index in [4.69, 9.17) is 9.72 Å². The normalized spacial score (nSPS) is 11.3. The van der Waals surface area contributed by atoms with E-state index in [1.54, 1.807) is 18.2 Å². The molecule has 176 valence electrons. The third-order valence-corrected chi connectivity index (χ3v) is 5.59. The highest BCUT2D eigenvalue weighted by molar-refractivity contribution is 5.96. The summed E-state index contributed by atoms with van der Waals surface area (Å²) < 4.78 is 7.73. The first-order chi connectivity index (χ1) is 16.4. The topological polar surface area (TPSA) is 110 Å². The second-order valence-corrected chi connectivity index (χ2v) is 8.49. The first kappa shape index (κ1) is 23.2. The van der Waals surface area contributed by atoms with Gasteiger partial charge in [-0.05, 0) is 43.0 Å². The number of aromatic carboxylic acids is 1. The number of rotatable bonds is 9. The number of nitrogens with zero attached hydrogens (tertiary/aromatic N) is 3. The molecule has 4 rings (SSSR count). The van der Waals surface area contributed by atoms with Gasteiger partial charge in [0, 0.05) is 13.0 Å². The van der Waals surface area contributed by atoms with Crippen molar-refractivity contribution in [2.24, 2.45) is 0 Å². The van der Waals surface area contributed by atoms with Crippen molar-refractivity contribution in [2.45, 2.75) is 52.7 Å². The van der Waals surface area contributed by atoms with Gasteiger partial charge < -0.3 is 14.4 Å². The first-order valence-corrected chi connectivity index (χ1v) is 11.4. The van der Waals surface area contributed by atoms with Gasteiger partial charge in [0.2, 0.25) is 0 Å². The molecule has 4 aromatic rings. The number of benzene rings is 2. The number of unbranched alkanes of at least 4 members (excludes halogenated alkanes) is 1. The van der Waals surface area contributed by atoms with Crippen LogP contribution in [0.4, 0.5) is 0 Å². The molecule has 0 amide bonds. The predicted molar refractivity (Wildman–Crippen MR) is 130 cm³/mol. The van der Waals surface area contributed by atoms with Crippen LogP contribution in [0.1, 0.15) is 55.4 Å². The first-order valence-electron chi connectivity index (χ1n) is 11.4. The highest BCUT2D eigenvalue weighted by atomic mass is 16.5. The molecular weight excluding hydrogens is 432 g/mol. The van der Waals surface area contributed by atoms with E-state index >= 15 is 0 Å². The molecule has 2 aromatic heterocycles. The van der Waals surface area contributed by atoms with Crippen LogP contribution in [-0.2, 0) is 13.0 Å². The van der Waals surface area contributed by atoms with E-state index in [1.807, 2.05) is 48.7 Å². The van der Waals surface area contributed by atoms with Gasteiger partial charge in [0.1, 0.15) is 11.3 Å². The summed E-state index contributed by atoms with van der Waals surface area (Å²) in [6.45, 7) is 6.36. The predicted octanol–water partition coefficient (Wildman–Crippen LogP) is 4.66. The average molecular weight is 461 g/mol. The lowest BCUT2D eigenvalue weighted by Gasteiger charge is -2.11. The summed E-state index contributed by atoms with van der Waals surface area (Å²) in [6, 6.07) is 14.6. The average Bonchev–Trinajstić information content (AvgIpc) is 3.19. The van der Waals surface area contributed by atoms with Crippen molar-refractivity contribution in [1.82, 2.24) is 19.7 Å². The maximum Gasteiger partial charge on any atom is 0.336 e. The van der Waals surface area contributed by atoms with Crippen LogP contribution in [0.15, 0.2) is 53.3 Å². The van der Waals surface area contributed by atoms with Crippen molar-refractivity contribution in [3.63, 3.8) is 0 Å². The maximum absolute atomic E-state index is 12.8. The van der Waals surface area contributed by atoms with Gasteiger partial charge in [-0.15, -0.1) is 5.10 Å². The molecule has 34 heavy (non-hydrogen) atoms. The maximum atomic E-state index is 12.8. The fourth-order valence-electron chi connectivity index (χ4n) is 3.98. The zero-order valence-corrected chi connectivity index (χ0v) is 19.5. The Labute approximate surface area is 197 Å². The fourth-order valence-corrected chi connectivity index (χ4v) is 3.98. The number of carboxylic acid groups (broad SMARTS) is 1. The Kier molecular flexibility index (Phi) is 6.77. The summed E-state index contributed by atoms with van der Waals surface area (Å²) in [4.78, 5) is 29.1. The Bertz CT molecular complexity index is 1370. The zero-order valence-electron chi connectivity index (χ0n) is 19.5. The molecule has 0 bridgehead atoms. The summed E-state index contributed by atoms with van der Waals surface area (Å²) in [7, 11) is 0. The minimum Gasteiger partial charge on any atom is -0.478 e. The molecule has 2 N–H and O–H groups in total. The van der Waals surface area contributed by atoms with Gasteiger partial charge in [0.05, 0.1) is 11.7 Å². The Hall–Kier alpha value is -3.94. The van der Waals surface area contributed by atoms with Crippen molar-refractivity contribution >= 4 is 17.0 Å². The molecule has 0 saturated carbocycles. The quantitative estimate of drug-likeness (QED) is 0.376. The molecule has 8 nitrogen and oxygen atoms in total. The Morgan fingerprint density at radius 3 is 2.56 bits per heavy atom. The number of H-pyrrole nitrogens is 1. The summed E-state index contributed by atoms with van der Waals surface area (Å²) >= 11 is 0. The van der Waals surface area contributed by atoms with Crippen molar-refractivity contribution in [3.8, 4) is 17.0 Å². The Balaban J connectivity index is 1.74. The van der Waals surface area contributed by atoms with E-state index < -0.39 is 5.97 Å². The van der Waals surface area contributed by atoms with E-state index in [0.29, 0.717) is 29.0 Å². The lowest BCUT2D eigenvalue weighted by atomic mass is 9.99. The highest BCUT2D eigenvalue weighted by Crippen LogP contribution is 2.26. The minimum absolute atomic E-state index is 0.105. The SMILES string of the molecule is CCCCc1nc2c(OC(C)C)n[nH]c(=O)c2n1Cc1ccc(-c2ccccc2C(=O)O)cc1. The largest absolute Gasteiger partial charge is 0.478 e. The number of aryl methyl sites for hydroxylation is 1. The van der Waals surface area contributed by atoms with Crippen LogP contribution in [0, 0.1) is 0 Å². The van der Waals surface area contributed by atoms with Gasteiger partial charge >= 0.3 is 5.97 Å². The molecule has 0 atom stereocenters. The van der Waals surface area contributed by atoms with Crippen molar-refractivity contribution in [3.05, 3.63) is 75.8 Å². The van der Waals surface area contributed by atoms with Crippen LogP contribution in [0.25, 0.3) is 22.2 Å². The van der Waals surface area contributed by atoms with Gasteiger partial charge in [0.15, 0.2) is 5.52 Å². The van der Waals surface area contributed by atoms with E-state index in [-0.39, 0.29) is 17.2 Å². The Morgan fingerprint density at radius 2 is 1.88 bits per heavy atom. The van der Waals surface area contributed by atoms with Gasteiger partial charge in [-0.25, -0.2) is 14.9 Å². The summed E-state index contributed by atoms with van der Waals surface area (Å²) in [5, 5.41) is 16.1. The van der Waals surface area contributed by atoms with Crippen LogP contribution in [0.3, 0.4) is 0 Å². The van der Waals surface area contributed by atoms with Gasteiger partial charge in [-0.3, -0.25) is 4.79 Å². The third-order valence-electron chi connectivity index (χ3n) is 5.59. The number of ether oxygens (including phenoxy) is 1. The molecule has 2 heterocycles. The second-order valence-electron chi connectivity index (χ2n) is 8.49. The van der Waals surface area contributed by atoms with Gasteiger partial charge in [-0.2, -0.15) is 0 Å². The number of aromatic nitrogens is 4. The molecule has 0 radical (unpaired) electrons. The number of carbonyl (C=O) groups is 1. The minimum atomic E-state index is -0.961. The van der Waals surface area contributed by atoms with Crippen LogP contribution in [0.2, 0.25) is 0 Å². The number of nitrogens with one attached hydrogen (secondary N) is 1. The monoisotopic (exact) mass is 460 g/mol. The molecule has 0 aliphatic heterocycles. The summed E-state index contributed by atoms with van der Waals surface area (Å²) in [5.74, 6) is 0.170. The second kappa shape index (κ2) is 9.91. The number of hydrogen-bond donors (Lipinski definition) is 2. The molecular formula is C26H28N4O4. The molecule has 0 fully saturated rings. The van der Waals surface area contributed by atoms with E-state index in [2.05, 4.69) is 17.1 Å². The number of imidazole rings is 1. The van der Waals surface area contributed by atoms with Crippen molar-refractivity contribution in [1.29, 1.82) is 0 Å². The molecule has 8 heteroatoms. The van der Waals surface area contributed by atoms with E-state index in [1.165, 1.54) is 0 Å². The summed E-state index contributed by atoms with van der Waals surface area (Å²) in [5.41, 5.74) is 3.31. The molecule has 2 aromatic carbocycles. The lowest BCUT2D eigenvalue weighted by molar-refractivity contribution is 0.0697. The Morgan fingerprint density at radius 1 is 1.15 bits per heavy atom. The van der Waals surface area contributed by atoms with Crippen LogP contribution in [0.5, 0.6) is 5.88 Å². The van der Waals surface area contributed by atoms with Crippen LogP contribution in [-0.4, -0.2) is 36.9 Å². The number of hydrogen-bond acceptors (Lipinski definition) is 5. The van der Waals surface area contributed by atoms with Crippen molar-refractivity contribution < 1.29 is 14.6 Å². The summed E-state index contributed by atoms with van der Waals surface area (Å²) in [6.07, 6.45) is 2.58.